The van der Waals surface area contributed by atoms with Crippen LogP contribution >= 0.6 is 0 Å². The number of ketones is 1. The maximum atomic E-state index is 11.4. The number of hydrogen-bond donors (Lipinski definition) is 2. The van der Waals surface area contributed by atoms with Gasteiger partial charge >= 0.3 is 0 Å². The zero-order valence-electron chi connectivity index (χ0n) is 10.6. The molecule has 1 unspecified atom stereocenters. The number of quaternary nitrogens is 1. The number of aliphatic hydroxyl groups excluding tert-OH is 1. The van der Waals surface area contributed by atoms with E-state index in [0.29, 0.717) is 5.70 Å². The summed E-state index contributed by atoms with van der Waals surface area (Å²) in [5.74, 6) is -0.494. The Morgan fingerprint density at radius 2 is 1.79 bits per heavy atom. The Balaban J connectivity index is 2.21. The molecule has 0 amide bonds. The number of allylic oxidation sites excluding steroid dienone is 2. The summed E-state index contributed by atoms with van der Waals surface area (Å²) < 4.78 is 0. The lowest BCUT2D eigenvalue weighted by molar-refractivity contribution is -0.730. The average Bonchev–Trinajstić information content (AvgIpc) is 2.45. The second kappa shape index (κ2) is 4.37. The smallest absolute Gasteiger partial charge is 0.231 e. The standard InChI is InChI=1S/C16H13NO2/c1-11-16(19)15(18)9-10-17(11)14-8-4-6-12-5-2-3-7-13(12)14/h2-10,19H,1H3/p+1. The molecule has 19 heavy (non-hydrogen) atoms. The van der Waals surface area contributed by atoms with Gasteiger partial charge in [0.25, 0.3) is 0 Å². The Morgan fingerprint density at radius 3 is 2.63 bits per heavy atom. The first kappa shape index (κ1) is 11.7. The summed E-state index contributed by atoms with van der Waals surface area (Å²) in [6, 6.07) is 14.1. The molecule has 0 radical (unpaired) electrons. The highest BCUT2D eigenvalue weighted by Gasteiger charge is 2.26. The predicted molar refractivity (Wildman–Crippen MR) is 74.0 cm³/mol. The predicted octanol–water partition coefficient (Wildman–Crippen LogP) is 2.24. The Kier molecular flexibility index (Phi) is 2.69. The third kappa shape index (κ3) is 1.84. The lowest BCUT2D eigenvalue weighted by Gasteiger charge is -2.19. The van der Waals surface area contributed by atoms with Crippen molar-refractivity contribution in [2.45, 2.75) is 6.92 Å². The second-order valence-electron chi connectivity index (χ2n) is 4.61. The van der Waals surface area contributed by atoms with E-state index in [1.54, 1.807) is 13.1 Å². The molecule has 0 aliphatic carbocycles. The summed E-state index contributed by atoms with van der Waals surface area (Å²) in [6.45, 7) is 1.77. The van der Waals surface area contributed by atoms with E-state index in [4.69, 9.17) is 0 Å². The van der Waals surface area contributed by atoms with Gasteiger partial charge in [-0.05, 0) is 11.5 Å². The number of hydrogen-bond acceptors (Lipinski definition) is 2. The highest BCUT2D eigenvalue weighted by atomic mass is 16.3. The molecule has 3 nitrogen and oxygen atoms in total. The molecule has 1 aliphatic rings. The lowest BCUT2D eigenvalue weighted by atomic mass is 10.1. The number of nitrogens with one attached hydrogen (secondary N) is 1. The summed E-state index contributed by atoms with van der Waals surface area (Å²) in [5.41, 5.74) is 1.66. The average molecular weight is 252 g/mol. The largest absolute Gasteiger partial charge is 0.500 e. The van der Waals surface area contributed by atoms with Gasteiger partial charge in [-0.15, -0.1) is 0 Å². The second-order valence-corrected chi connectivity index (χ2v) is 4.61. The summed E-state index contributed by atoms with van der Waals surface area (Å²) in [4.78, 5) is 12.3. The van der Waals surface area contributed by atoms with Gasteiger partial charge in [0.05, 0.1) is 0 Å². The first-order valence-corrected chi connectivity index (χ1v) is 6.16. The van der Waals surface area contributed by atoms with Gasteiger partial charge in [-0.2, -0.15) is 0 Å². The normalized spacial score (nSPS) is 19.2. The summed E-state index contributed by atoms with van der Waals surface area (Å²) in [5, 5.41) is 12.1. The van der Waals surface area contributed by atoms with Crippen molar-refractivity contribution in [2.75, 3.05) is 0 Å². The Hall–Kier alpha value is -2.39. The van der Waals surface area contributed by atoms with Crippen molar-refractivity contribution in [1.82, 2.24) is 0 Å². The highest BCUT2D eigenvalue weighted by molar-refractivity contribution is 6.02. The van der Waals surface area contributed by atoms with Crippen LogP contribution in [0, 0.1) is 0 Å². The topological polar surface area (TPSA) is 41.7 Å². The molecule has 0 bridgehead atoms. The molecule has 1 atom stereocenters. The van der Waals surface area contributed by atoms with Crippen molar-refractivity contribution in [3.63, 3.8) is 0 Å². The first-order chi connectivity index (χ1) is 9.18. The van der Waals surface area contributed by atoms with E-state index in [9.17, 15) is 9.90 Å². The molecule has 0 spiro atoms. The van der Waals surface area contributed by atoms with Gasteiger partial charge in [0, 0.05) is 24.5 Å². The molecule has 94 valence electrons. The number of rotatable bonds is 1. The van der Waals surface area contributed by atoms with E-state index in [-0.39, 0.29) is 11.5 Å². The SMILES string of the molecule is CC1=C(O)C(=O)C=C[NH+]1c1cccc2ccccc12. The molecular formula is C16H14NO2+. The summed E-state index contributed by atoms with van der Waals surface area (Å²) >= 11 is 0. The van der Waals surface area contributed by atoms with Gasteiger partial charge in [-0.3, -0.25) is 4.79 Å². The molecule has 0 saturated carbocycles. The fourth-order valence-corrected chi connectivity index (χ4v) is 2.43. The monoisotopic (exact) mass is 252 g/mol. The summed E-state index contributed by atoms with van der Waals surface area (Å²) in [6.07, 6.45) is 3.19. The molecule has 2 aromatic carbocycles. The minimum absolute atomic E-state index is 0.162. The van der Waals surface area contributed by atoms with Gasteiger partial charge in [-0.1, -0.05) is 30.3 Å². The third-order valence-corrected chi connectivity index (χ3v) is 3.47. The van der Waals surface area contributed by atoms with Crippen LogP contribution < -0.4 is 4.90 Å². The van der Waals surface area contributed by atoms with Crippen LogP contribution in [0.15, 0.2) is 66.2 Å². The zero-order chi connectivity index (χ0) is 13.4. The van der Waals surface area contributed by atoms with Crippen molar-refractivity contribution in [3.05, 3.63) is 66.2 Å². The molecule has 3 heteroatoms. The quantitative estimate of drug-likeness (QED) is 0.817. The first-order valence-electron chi connectivity index (χ1n) is 6.16. The molecule has 0 aromatic heterocycles. The molecule has 1 heterocycles. The van der Waals surface area contributed by atoms with Gasteiger partial charge in [0.1, 0.15) is 11.9 Å². The van der Waals surface area contributed by atoms with Crippen molar-refractivity contribution in [2.24, 2.45) is 0 Å². The van der Waals surface area contributed by atoms with E-state index in [1.165, 1.54) is 6.08 Å². The van der Waals surface area contributed by atoms with E-state index >= 15 is 0 Å². The molecule has 1 aliphatic heterocycles. The van der Waals surface area contributed by atoms with Crippen molar-refractivity contribution in [3.8, 4) is 0 Å². The van der Waals surface area contributed by atoms with E-state index in [1.807, 2.05) is 30.3 Å². The van der Waals surface area contributed by atoms with Crippen LogP contribution in [0.4, 0.5) is 5.69 Å². The van der Waals surface area contributed by atoms with Crippen LogP contribution in [0.5, 0.6) is 0 Å². The maximum Gasteiger partial charge on any atom is 0.231 e. The number of carbonyl (C=O) groups is 1. The number of fused-ring (bicyclic) bond motifs is 1. The minimum Gasteiger partial charge on any atom is -0.500 e. The van der Waals surface area contributed by atoms with Crippen molar-refractivity contribution >= 4 is 22.2 Å². The van der Waals surface area contributed by atoms with Crippen LogP contribution in [0.3, 0.4) is 0 Å². The lowest BCUT2D eigenvalue weighted by Crippen LogP contribution is -3.01. The highest BCUT2D eigenvalue weighted by Crippen LogP contribution is 2.21. The van der Waals surface area contributed by atoms with Crippen molar-refractivity contribution < 1.29 is 14.8 Å². The Bertz CT molecular complexity index is 723. The fourth-order valence-electron chi connectivity index (χ4n) is 2.43. The molecule has 0 saturated heterocycles. The maximum absolute atomic E-state index is 11.4. The number of carbonyl (C=O) groups excluding carboxylic acids is 1. The molecule has 0 fully saturated rings. The van der Waals surface area contributed by atoms with Crippen LogP contribution in [-0.4, -0.2) is 10.9 Å². The van der Waals surface area contributed by atoms with Crippen LogP contribution in [-0.2, 0) is 4.79 Å². The van der Waals surface area contributed by atoms with Crippen molar-refractivity contribution in [1.29, 1.82) is 0 Å². The van der Waals surface area contributed by atoms with Gasteiger partial charge in [0.15, 0.2) is 5.70 Å². The van der Waals surface area contributed by atoms with Gasteiger partial charge in [-0.25, -0.2) is 4.90 Å². The van der Waals surface area contributed by atoms with Crippen LogP contribution in [0.2, 0.25) is 0 Å². The van der Waals surface area contributed by atoms with E-state index < -0.39 is 0 Å². The van der Waals surface area contributed by atoms with E-state index in [2.05, 4.69) is 12.1 Å². The van der Waals surface area contributed by atoms with E-state index in [0.717, 1.165) is 21.4 Å². The molecular weight excluding hydrogens is 238 g/mol. The zero-order valence-corrected chi connectivity index (χ0v) is 10.6. The minimum atomic E-state index is -0.332. The van der Waals surface area contributed by atoms with Gasteiger partial charge in [0.2, 0.25) is 11.5 Å². The fraction of sp³-hybridized carbons (Fsp3) is 0.0625. The van der Waals surface area contributed by atoms with Crippen LogP contribution in [0.25, 0.3) is 10.8 Å². The molecule has 2 N–H and O–H groups in total. The summed E-state index contributed by atoms with van der Waals surface area (Å²) in [7, 11) is 0. The van der Waals surface area contributed by atoms with Gasteiger partial charge < -0.3 is 5.11 Å². The number of benzene rings is 2. The Labute approximate surface area is 111 Å². The third-order valence-electron chi connectivity index (χ3n) is 3.47. The van der Waals surface area contributed by atoms with Crippen LogP contribution in [0.1, 0.15) is 6.92 Å². The Morgan fingerprint density at radius 1 is 1.05 bits per heavy atom. The molecule has 3 rings (SSSR count). The number of aliphatic hydroxyl groups is 1. The molecule has 2 aromatic rings.